The Labute approximate surface area is 119 Å². The molecule has 0 saturated heterocycles. The Balaban J connectivity index is 1.90. The van der Waals surface area contributed by atoms with Crippen LogP contribution in [0.4, 0.5) is 0 Å². The van der Waals surface area contributed by atoms with Gasteiger partial charge < -0.3 is 5.32 Å². The number of carbonyl (C=O) groups is 1. The van der Waals surface area contributed by atoms with Crippen LogP contribution in [0.5, 0.6) is 0 Å². The van der Waals surface area contributed by atoms with Crippen LogP contribution < -0.4 is 5.32 Å². The third-order valence-corrected chi connectivity index (χ3v) is 4.07. The molecule has 2 rings (SSSR count). The maximum absolute atomic E-state index is 11.8. The minimum atomic E-state index is -0.0178. The summed E-state index contributed by atoms with van der Waals surface area (Å²) in [6.45, 7) is 4.19. The van der Waals surface area contributed by atoms with E-state index >= 15 is 0 Å². The van der Waals surface area contributed by atoms with Crippen molar-refractivity contribution in [1.29, 1.82) is 0 Å². The number of rotatable bonds is 3. The van der Waals surface area contributed by atoms with E-state index in [1.165, 1.54) is 6.42 Å². The van der Waals surface area contributed by atoms with Crippen LogP contribution in [-0.4, -0.2) is 11.9 Å². The average Bonchev–Trinajstić information content (AvgIpc) is 2.76. The second kappa shape index (κ2) is 6.25. The smallest absolute Gasteiger partial charge is 0.244 e. The summed E-state index contributed by atoms with van der Waals surface area (Å²) < 4.78 is 0. The first-order valence-electron chi connectivity index (χ1n) is 6.79. The maximum Gasteiger partial charge on any atom is 0.244 e. The Morgan fingerprint density at radius 2 is 2.21 bits per heavy atom. The zero-order valence-electron chi connectivity index (χ0n) is 11.4. The minimum absolute atomic E-state index is 0.0178. The van der Waals surface area contributed by atoms with E-state index in [1.54, 1.807) is 12.2 Å². The van der Waals surface area contributed by atoms with E-state index in [-0.39, 0.29) is 5.91 Å². The molecule has 1 aromatic rings. The van der Waals surface area contributed by atoms with E-state index in [2.05, 4.69) is 12.2 Å². The largest absolute Gasteiger partial charge is 0.350 e. The second-order valence-corrected chi connectivity index (χ2v) is 5.87. The van der Waals surface area contributed by atoms with Gasteiger partial charge >= 0.3 is 0 Å². The number of hydrogen-bond acceptors (Lipinski definition) is 1. The van der Waals surface area contributed by atoms with Crippen molar-refractivity contribution in [1.82, 2.24) is 5.32 Å². The quantitative estimate of drug-likeness (QED) is 0.833. The Morgan fingerprint density at radius 3 is 2.84 bits per heavy atom. The molecule has 3 heteroatoms. The molecule has 19 heavy (non-hydrogen) atoms. The van der Waals surface area contributed by atoms with Crippen molar-refractivity contribution in [2.45, 2.75) is 39.2 Å². The topological polar surface area (TPSA) is 29.1 Å². The van der Waals surface area contributed by atoms with Crippen LogP contribution in [0.2, 0.25) is 5.02 Å². The molecule has 2 nitrogen and oxygen atoms in total. The maximum atomic E-state index is 11.8. The summed E-state index contributed by atoms with van der Waals surface area (Å²) >= 11 is 6.05. The highest BCUT2D eigenvalue weighted by molar-refractivity contribution is 6.31. The zero-order valence-corrected chi connectivity index (χ0v) is 12.2. The average molecular weight is 278 g/mol. The van der Waals surface area contributed by atoms with E-state index in [4.69, 9.17) is 11.6 Å². The van der Waals surface area contributed by atoms with Crippen molar-refractivity contribution in [2.75, 3.05) is 0 Å². The first-order valence-corrected chi connectivity index (χ1v) is 7.17. The van der Waals surface area contributed by atoms with Gasteiger partial charge in [-0.05, 0) is 55.4 Å². The van der Waals surface area contributed by atoms with Crippen LogP contribution in [0.15, 0.2) is 24.3 Å². The van der Waals surface area contributed by atoms with Gasteiger partial charge in [0, 0.05) is 17.1 Å². The van der Waals surface area contributed by atoms with Gasteiger partial charge in [0.15, 0.2) is 0 Å². The van der Waals surface area contributed by atoms with E-state index in [0.29, 0.717) is 6.04 Å². The second-order valence-electron chi connectivity index (χ2n) is 5.47. The third-order valence-electron chi connectivity index (χ3n) is 3.66. The summed E-state index contributed by atoms with van der Waals surface area (Å²) in [6.07, 6.45) is 6.79. The molecule has 0 aliphatic heterocycles. The highest BCUT2D eigenvalue weighted by Crippen LogP contribution is 2.24. The lowest BCUT2D eigenvalue weighted by molar-refractivity contribution is -0.117. The molecular formula is C16H20ClNO. The molecule has 102 valence electrons. The standard InChI is InChI=1S/C16H20ClNO/c1-11-3-7-14(9-11)18-16(19)8-6-13-5-4-12(2)15(17)10-13/h4-6,8,10-11,14H,3,7,9H2,1-2H3,(H,18,19)/b8-6+. The fourth-order valence-corrected chi connectivity index (χ4v) is 2.66. The van der Waals surface area contributed by atoms with Gasteiger partial charge in [-0.3, -0.25) is 4.79 Å². The summed E-state index contributed by atoms with van der Waals surface area (Å²) in [6, 6.07) is 6.13. The SMILES string of the molecule is Cc1ccc(/C=C/C(=O)NC2CCC(C)C2)cc1Cl. The van der Waals surface area contributed by atoms with E-state index in [9.17, 15) is 4.79 Å². The van der Waals surface area contributed by atoms with Crippen LogP contribution in [0.1, 0.15) is 37.3 Å². The third kappa shape index (κ3) is 4.10. The first kappa shape index (κ1) is 14.1. The van der Waals surface area contributed by atoms with Gasteiger partial charge in [-0.15, -0.1) is 0 Å². The van der Waals surface area contributed by atoms with Gasteiger partial charge in [0.05, 0.1) is 0 Å². The summed E-state index contributed by atoms with van der Waals surface area (Å²) in [4.78, 5) is 11.8. The highest BCUT2D eigenvalue weighted by Gasteiger charge is 2.21. The molecule has 1 amide bonds. The van der Waals surface area contributed by atoms with Gasteiger partial charge in [-0.2, -0.15) is 0 Å². The molecule has 1 aromatic carbocycles. The first-order chi connectivity index (χ1) is 9.04. The summed E-state index contributed by atoms with van der Waals surface area (Å²) in [5.74, 6) is 0.709. The summed E-state index contributed by atoms with van der Waals surface area (Å²) in [7, 11) is 0. The van der Waals surface area contributed by atoms with Gasteiger partial charge in [0.25, 0.3) is 0 Å². The molecule has 1 aliphatic carbocycles. The molecule has 1 N–H and O–H groups in total. The zero-order chi connectivity index (χ0) is 13.8. The van der Waals surface area contributed by atoms with Crippen molar-refractivity contribution in [3.05, 3.63) is 40.4 Å². The Morgan fingerprint density at radius 1 is 1.42 bits per heavy atom. The van der Waals surface area contributed by atoms with Crippen LogP contribution >= 0.6 is 11.6 Å². The van der Waals surface area contributed by atoms with Gasteiger partial charge in [0.1, 0.15) is 0 Å². The molecule has 2 atom stereocenters. The normalized spacial score (nSPS) is 22.9. The van der Waals surface area contributed by atoms with Crippen LogP contribution in [0, 0.1) is 12.8 Å². The molecule has 2 unspecified atom stereocenters. The molecule has 1 fully saturated rings. The van der Waals surface area contributed by atoms with Crippen molar-refractivity contribution in [3.8, 4) is 0 Å². The summed E-state index contributed by atoms with van der Waals surface area (Å²) in [5.41, 5.74) is 1.99. The lowest BCUT2D eigenvalue weighted by Gasteiger charge is -2.10. The molecule has 1 saturated carbocycles. The van der Waals surface area contributed by atoms with Crippen LogP contribution in [-0.2, 0) is 4.79 Å². The Kier molecular flexibility index (Phi) is 4.65. The molecular weight excluding hydrogens is 258 g/mol. The molecule has 0 radical (unpaired) electrons. The van der Waals surface area contributed by atoms with E-state index in [1.807, 2.05) is 25.1 Å². The summed E-state index contributed by atoms with van der Waals surface area (Å²) in [5, 5.41) is 3.78. The van der Waals surface area contributed by atoms with Gasteiger partial charge in [0.2, 0.25) is 5.91 Å². The van der Waals surface area contributed by atoms with Crippen molar-refractivity contribution in [2.24, 2.45) is 5.92 Å². The van der Waals surface area contributed by atoms with Crippen LogP contribution in [0.3, 0.4) is 0 Å². The highest BCUT2D eigenvalue weighted by atomic mass is 35.5. The number of carbonyl (C=O) groups excluding carboxylic acids is 1. The predicted octanol–water partition coefficient (Wildman–Crippen LogP) is 3.97. The Bertz CT molecular complexity index is 496. The van der Waals surface area contributed by atoms with Crippen molar-refractivity contribution in [3.63, 3.8) is 0 Å². The molecule has 0 bridgehead atoms. The molecule has 0 spiro atoms. The molecule has 1 aliphatic rings. The lowest BCUT2D eigenvalue weighted by Crippen LogP contribution is -2.31. The number of hydrogen-bond donors (Lipinski definition) is 1. The number of benzene rings is 1. The lowest BCUT2D eigenvalue weighted by atomic mass is 10.1. The number of aryl methyl sites for hydroxylation is 1. The van der Waals surface area contributed by atoms with Gasteiger partial charge in [-0.1, -0.05) is 30.7 Å². The van der Waals surface area contributed by atoms with Crippen LogP contribution in [0.25, 0.3) is 6.08 Å². The monoisotopic (exact) mass is 277 g/mol. The predicted molar refractivity (Wildman–Crippen MR) is 80.2 cm³/mol. The van der Waals surface area contributed by atoms with Gasteiger partial charge in [-0.25, -0.2) is 0 Å². The van der Waals surface area contributed by atoms with E-state index < -0.39 is 0 Å². The van der Waals surface area contributed by atoms with Crippen molar-refractivity contribution >= 4 is 23.6 Å². The number of amides is 1. The van der Waals surface area contributed by atoms with Crippen molar-refractivity contribution < 1.29 is 4.79 Å². The Hall–Kier alpha value is -1.28. The fraction of sp³-hybridized carbons (Fsp3) is 0.438. The van der Waals surface area contributed by atoms with E-state index in [0.717, 1.165) is 34.9 Å². The molecule has 0 heterocycles. The minimum Gasteiger partial charge on any atom is -0.350 e. The number of halogens is 1. The number of nitrogens with one attached hydrogen (secondary N) is 1. The fourth-order valence-electron chi connectivity index (χ4n) is 2.47. The molecule has 0 aromatic heterocycles.